The highest BCUT2D eigenvalue weighted by atomic mass is 32.2. The number of hydrogen-bond donors (Lipinski definition) is 1. The highest BCUT2D eigenvalue weighted by molar-refractivity contribution is 7.98. The summed E-state index contributed by atoms with van der Waals surface area (Å²) < 4.78 is 0. The summed E-state index contributed by atoms with van der Waals surface area (Å²) in [5.74, 6) is 0.102. The van der Waals surface area contributed by atoms with Crippen molar-refractivity contribution in [1.82, 2.24) is 0 Å². The minimum absolute atomic E-state index is 0.102. The van der Waals surface area contributed by atoms with E-state index in [1.807, 2.05) is 6.92 Å². The maximum atomic E-state index is 8.79. The number of thioether (sulfide) groups is 1. The van der Waals surface area contributed by atoms with Crippen LogP contribution in [0.3, 0.4) is 0 Å². The van der Waals surface area contributed by atoms with Gasteiger partial charge < -0.3 is 5.32 Å². The molecule has 0 aromatic heterocycles. The molecule has 1 rings (SSSR count). The van der Waals surface area contributed by atoms with E-state index in [1.54, 1.807) is 11.8 Å². The Balaban J connectivity index is 2.48. The van der Waals surface area contributed by atoms with Gasteiger partial charge in [-0.2, -0.15) is 5.26 Å². The zero-order valence-electron chi connectivity index (χ0n) is 9.16. The van der Waals surface area contributed by atoms with E-state index in [0.717, 1.165) is 18.7 Å². The summed E-state index contributed by atoms with van der Waals surface area (Å²) in [6.07, 6.45) is 2.96. The van der Waals surface area contributed by atoms with Gasteiger partial charge in [0.15, 0.2) is 0 Å². The fraction of sp³-hybridized carbons (Fsp3) is 0.417. The zero-order chi connectivity index (χ0) is 11.1. The lowest BCUT2D eigenvalue weighted by Gasteiger charge is -2.09. The lowest BCUT2D eigenvalue weighted by atomic mass is 10.1. The second kappa shape index (κ2) is 6.36. The van der Waals surface area contributed by atoms with Crippen molar-refractivity contribution in [3.05, 3.63) is 24.3 Å². The van der Waals surface area contributed by atoms with Gasteiger partial charge in [0.2, 0.25) is 0 Å². The first kappa shape index (κ1) is 11.9. The van der Waals surface area contributed by atoms with Gasteiger partial charge in [-0.05, 0) is 36.9 Å². The molecule has 80 valence electrons. The monoisotopic (exact) mass is 220 g/mol. The first-order chi connectivity index (χ1) is 7.30. The van der Waals surface area contributed by atoms with E-state index in [2.05, 4.69) is 41.9 Å². The number of anilines is 1. The molecule has 0 aliphatic carbocycles. The van der Waals surface area contributed by atoms with Crippen molar-refractivity contribution < 1.29 is 0 Å². The Morgan fingerprint density at radius 2 is 2.07 bits per heavy atom. The van der Waals surface area contributed by atoms with E-state index >= 15 is 0 Å². The second-order valence-corrected chi connectivity index (χ2v) is 4.22. The van der Waals surface area contributed by atoms with Crippen molar-refractivity contribution >= 4 is 17.4 Å². The van der Waals surface area contributed by atoms with Gasteiger partial charge in [0.05, 0.1) is 12.0 Å². The van der Waals surface area contributed by atoms with Crippen LogP contribution < -0.4 is 5.32 Å². The van der Waals surface area contributed by atoms with E-state index in [4.69, 9.17) is 5.26 Å². The molecular formula is C12H16N2S. The maximum Gasteiger partial charge on any atom is 0.0674 e. The van der Waals surface area contributed by atoms with Gasteiger partial charge in [-0.25, -0.2) is 0 Å². The predicted molar refractivity (Wildman–Crippen MR) is 66.1 cm³/mol. The molecule has 0 aliphatic rings. The van der Waals surface area contributed by atoms with Crippen LogP contribution in [0, 0.1) is 17.2 Å². The molecule has 1 aromatic carbocycles. The van der Waals surface area contributed by atoms with Crippen LogP contribution in [0.1, 0.15) is 13.3 Å². The van der Waals surface area contributed by atoms with E-state index < -0.39 is 0 Å². The smallest absolute Gasteiger partial charge is 0.0674 e. The molecule has 1 atom stereocenters. The third kappa shape index (κ3) is 3.85. The molecule has 1 unspecified atom stereocenters. The van der Waals surface area contributed by atoms with Crippen LogP contribution in [0.25, 0.3) is 0 Å². The molecule has 0 saturated carbocycles. The highest BCUT2D eigenvalue weighted by Gasteiger charge is 2.03. The topological polar surface area (TPSA) is 35.8 Å². The first-order valence-corrected chi connectivity index (χ1v) is 6.30. The third-order valence-electron chi connectivity index (χ3n) is 2.32. The molecule has 1 N–H and O–H groups in total. The van der Waals surface area contributed by atoms with E-state index in [1.165, 1.54) is 4.90 Å². The Hall–Kier alpha value is -1.14. The molecule has 0 amide bonds. The molecule has 1 aromatic rings. The third-order valence-corrected chi connectivity index (χ3v) is 3.06. The fourth-order valence-corrected chi connectivity index (χ4v) is 1.64. The molecular weight excluding hydrogens is 204 g/mol. The molecule has 15 heavy (non-hydrogen) atoms. The lowest BCUT2D eigenvalue weighted by molar-refractivity contribution is 0.674. The first-order valence-electron chi connectivity index (χ1n) is 5.07. The van der Waals surface area contributed by atoms with Gasteiger partial charge in [-0.15, -0.1) is 11.8 Å². The van der Waals surface area contributed by atoms with Crippen molar-refractivity contribution in [2.75, 3.05) is 18.1 Å². The number of hydrogen-bond acceptors (Lipinski definition) is 3. The summed E-state index contributed by atoms with van der Waals surface area (Å²) in [7, 11) is 0. The standard InChI is InChI=1S/C12H16N2S/c1-3-10(8-13)9-14-11-4-6-12(15-2)7-5-11/h4-7,10,14H,3,9H2,1-2H3. The van der Waals surface area contributed by atoms with Gasteiger partial charge in [0.1, 0.15) is 0 Å². The average Bonchev–Trinajstić information content (AvgIpc) is 2.31. The molecule has 0 bridgehead atoms. The quantitative estimate of drug-likeness (QED) is 0.773. The Morgan fingerprint density at radius 1 is 1.40 bits per heavy atom. The minimum Gasteiger partial charge on any atom is -0.384 e. The highest BCUT2D eigenvalue weighted by Crippen LogP contribution is 2.17. The zero-order valence-corrected chi connectivity index (χ0v) is 9.97. The summed E-state index contributed by atoms with van der Waals surface area (Å²) in [6.45, 7) is 2.76. The summed E-state index contributed by atoms with van der Waals surface area (Å²) in [6, 6.07) is 10.5. The molecule has 0 saturated heterocycles. The van der Waals surface area contributed by atoms with Gasteiger partial charge in [0.25, 0.3) is 0 Å². The van der Waals surface area contributed by atoms with Crippen molar-refractivity contribution in [2.45, 2.75) is 18.2 Å². The van der Waals surface area contributed by atoms with Gasteiger partial charge in [0, 0.05) is 17.1 Å². The van der Waals surface area contributed by atoms with Crippen molar-refractivity contribution in [3.63, 3.8) is 0 Å². The Morgan fingerprint density at radius 3 is 2.53 bits per heavy atom. The Labute approximate surface area is 95.7 Å². The summed E-state index contributed by atoms with van der Waals surface area (Å²) in [5, 5.41) is 12.1. The van der Waals surface area contributed by atoms with Crippen molar-refractivity contribution in [2.24, 2.45) is 5.92 Å². The van der Waals surface area contributed by atoms with Gasteiger partial charge >= 0.3 is 0 Å². The van der Waals surface area contributed by atoms with Gasteiger partial charge in [-0.3, -0.25) is 0 Å². The summed E-state index contributed by atoms with van der Waals surface area (Å²) in [5.41, 5.74) is 1.08. The van der Waals surface area contributed by atoms with E-state index in [0.29, 0.717) is 0 Å². The molecule has 0 heterocycles. The SMILES string of the molecule is CCC(C#N)CNc1ccc(SC)cc1. The van der Waals surface area contributed by atoms with E-state index in [9.17, 15) is 0 Å². The molecule has 0 aliphatic heterocycles. The van der Waals surface area contributed by atoms with Crippen LogP contribution in [-0.2, 0) is 0 Å². The van der Waals surface area contributed by atoms with Crippen LogP contribution >= 0.6 is 11.8 Å². The number of nitrogens with zero attached hydrogens (tertiary/aromatic N) is 1. The summed E-state index contributed by atoms with van der Waals surface area (Å²) >= 11 is 1.73. The molecule has 0 radical (unpaired) electrons. The van der Waals surface area contributed by atoms with E-state index in [-0.39, 0.29) is 5.92 Å². The van der Waals surface area contributed by atoms with Crippen LogP contribution in [-0.4, -0.2) is 12.8 Å². The number of nitrogens with one attached hydrogen (secondary N) is 1. The molecule has 2 nitrogen and oxygen atoms in total. The predicted octanol–water partition coefficient (Wildman–Crippen LogP) is 3.37. The van der Waals surface area contributed by atoms with Crippen LogP contribution in [0.15, 0.2) is 29.2 Å². The fourth-order valence-electron chi connectivity index (χ4n) is 1.23. The van der Waals surface area contributed by atoms with Crippen LogP contribution in [0.4, 0.5) is 5.69 Å². The summed E-state index contributed by atoms with van der Waals surface area (Å²) in [4.78, 5) is 1.26. The number of benzene rings is 1. The van der Waals surface area contributed by atoms with Crippen LogP contribution in [0.5, 0.6) is 0 Å². The Kier molecular flexibility index (Phi) is 5.06. The maximum absolute atomic E-state index is 8.79. The average molecular weight is 220 g/mol. The molecule has 0 spiro atoms. The number of rotatable bonds is 5. The molecule has 0 fully saturated rings. The van der Waals surface area contributed by atoms with Crippen molar-refractivity contribution in [1.29, 1.82) is 5.26 Å². The minimum atomic E-state index is 0.102. The normalized spacial score (nSPS) is 11.8. The lowest BCUT2D eigenvalue weighted by Crippen LogP contribution is -2.11. The Bertz CT molecular complexity index is 326. The van der Waals surface area contributed by atoms with Crippen molar-refractivity contribution in [3.8, 4) is 6.07 Å². The molecule has 3 heteroatoms. The second-order valence-electron chi connectivity index (χ2n) is 3.34. The largest absolute Gasteiger partial charge is 0.384 e. The number of nitriles is 1. The van der Waals surface area contributed by atoms with Crippen LogP contribution in [0.2, 0.25) is 0 Å². The van der Waals surface area contributed by atoms with Gasteiger partial charge in [-0.1, -0.05) is 6.92 Å².